The maximum atomic E-state index is 10.3. The fraction of sp³-hybridized carbons (Fsp3) is 0.917. The van der Waals surface area contributed by atoms with E-state index < -0.39 is 5.97 Å². The van der Waals surface area contributed by atoms with Crippen LogP contribution >= 0.6 is 0 Å². The molecule has 0 aromatic carbocycles. The lowest BCUT2D eigenvalue weighted by atomic mass is 9.82. The van der Waals surface area contributed by atoms with E-state index >= 15 is 0 Å². The first-order valence-corrected chi connectivity index (χ1v) is 5.94. The minimum atomic E-state index is -0.672. The van der Waals surface area contributed by atoms with Crippen molar-refractivity contribution in [2.45, 2.75) is 46.0 Å². The van der Waals surface area contributed by atoms with E-state index in [4.69, 9.17) is 5.11 Å². The van der Waals surface area contributed by atoms with Crippen LogP contribution < -0.4 is 0 Å². The Morgan fingerprint density at radius 3 is 2.40 bits per heavy atom. The number of likely N-dealkylation sites (tertiary alicyclic amines) is 1. The maximum Gasteiger partial charge on any atom is 0.303 e. The average molecular weight is 213 g/mol. The van der Waals surface area contributed by atoms with E-state index in [0.29, 0.717) is 11.8 Å². The minimum Gasteiger partial charge on any atom is -0.481 e. The zero-order valence-corrected chi connectivity index (χ0v) is 9.96. The van der Waals surface area contributed by atoms with Gasteiger partial charge in [0.25, 0.3) is 0 Å². The van der Waals surface area contributed by atoms with Crippen molar-refractivity contribution >= 4 is 5.97 Å². The second-order valence-corrected chi connectivity index (χ2v) is 5.36. The number of carbonyl (C=O) groups is 1. The number of rotatable bonds is 5. The van der Waals surface area contributed by atoms with Crippen molar-refractivity contribution in [1.29, 1.82) is 0 Å². The van der Waals surface area contributed by atoms with Crippen molar-refractivity contribution in [3.63, 3.8) is 0 Å². The molecule has 3 nitrogen and oxygen atoms in total. The van der Waals surface area contributed by atoms with Gasteiger partial charge in [-0.25, -0.2) is 0 Å². The lowest BCUT2D eigenvalue weighted by Crippen LogP contribution is -2.37. The number of unbranched alkanes of at least 4 members (excludes halogenated alkanes) is 1. The third kappa shape index (κ3) is 5.17. The molecule has 1 heterocycles. The molecule has 1 rings (SSSR count). The van der Waals surface area contributed by atoms with Crippen LogP contribution in [0.2, 0.25) is 0 Å². The largest absolute Gasteiger partial charge is 0.481 e. The van der Waals surface area contributed by atoms with Crippen molar-refractivity contribution in [2.24, 2.45) is 5.41 Å². The van der Waals surface area contributed by atoms with Crippen LogP contribution in [0, 0.1) is 5.41 Å². The molecular formula is C12H23NO2. The van der Waals surface area contributed by atoms with Crippen LogP contribution in [0.1, 0.15) is 46.0 Å². The molecule has 0 aromatic heterocycles. The molecule has 0 aromatic rings. The fourth-order valence-corrected chi connectivity index (χ4v) is 1.99. The number of hydrogen-bond acceptors (Lipinski definition) is 2. The van der Waals surface area contributed by atoms with Gasteiger partial charge in [-0.15, -0.1) is 0 Å². The molecule has 1 aliphatic heterocycles. The standard InChI is InChI=1S/C12H23NO2/c1-12(2)6-9-13(10-7-12)8-4-3-5-11(14)15/h3-10H2,1-2H3,(H,14,15). The van der Waals surface area contributed by atoms with Crippen LogP contribution in [0.5, 0.6) is 0 Å². The zero-order valence-electron chi connectivity index (χ0n) is 9.96. The van der Waals surface area contributed by atoms with Gasteiger partial charge in [0.05, 0.1) is 0 Å². The summed E-state index contributed by atoms with van der Waals surface area (Å²) < 4.78 is 0. The van der Waals surface area contributed by atoms with Crippen LogP contribution in [0.25, 0.3) is 0 Å². The smallest absolute Gasteiger partial charge is 0.303 e. The highest BCUT2D eigenvalue weighted by atomic mass is 16.4. The predicted octanol–water partition coefficient (Wildman–Crippen LogP) is 2.36. The Balaban J connectivity index is 2.06. The van der Waals surface area contributed by atoms with Gasteiger partial charge in [-0.2, -0.15) is 0 Å². The highest BCUT2D eigenvalue weighted by Gasteiger charge is 2.24. The summed E-state index contributed by atoms with van der Waals surface area (Å²) in [6.07, 6.45) is 4.69. The Morgan fingerprint density at radius 1 is 1.27 bits per heavy atom. The molecule has 15 heavy (non-hydrogen) atoms. The predicted molar refractivity (Wildman–Crippen MR) is 60.9 cm³/mol. The summed E-state index contributed by atoms with van der Waals surface area (Å²) in [6.45, 7) is 8.09. The number of carboxylic acid groups (broad SMARTS) is 1. The van der Waals surface area contributed by atoms with Crippen LogP contribution in [0.3, 0.4) is 0 Å². The maximum absolute atomic E-state index is 10.3. The van der Waals surface area contributed by atoms with E-state index in [-0.39, 0.29) is 0 Å². The molecule has 0 saturated carbocycles. The summed E-state index contributed by atoms with van der Waals surface area (Å²) in [5.74, 6) is -0.672. The van der Waals surface area contributed by atoms with E-state index in [9.17, 15) is 4.79 Å². The fourth-order valence-electron chi connectivity index (χ4n) is 1.99. The van der Waals surface area contributed by atoms with Crippen LogP contribution in [0.4, 0.5) is 0 Å². The molecule has 0 amide bonds. The second kappa shape index (κ2) is 5.50. The Labute approximate surface area is 92.5 Å². The molecule has 0 aliphatic carbocycles. The normalized spacial score (nSPS) is 21.5. The van der Waals surface area contributed by atoms with Gasteiger partial charge in [0.15, 0.2) is 0 Å². The molecule has 88 valence electrons. The zero-order chi connectivity index (χ0) is 11.3. The molecule has 1 aliphatic rings. The highest BCUT2D eigenvalue weighted by molar-refractivity contribution is 5.66. The van der Waals surface area contributed by atoms with Crippen molar-refractivity contribution in [2.75, 3.05) is 19.6 Å². The van der Waals surface area contributed by atoms with Crippen LogP contribution in [-0.4, -0.2) is 35.6 Å². The van der Waals surface area contributed by atoms with E-state index in [0.717, 1.165) is 19.4 Å². The Hall–Kier alpha value is -0.570. The lowest BCUT2D eigenvalue weighted by Gasteiger charge is -2.36. The molecule has 1 N–H and O–H groups in total. The highest BCUT2D eigenvalue weighted by Crippen LogP contribution is 2.29. The van der Waals surface area contributed by atoms with E-state index in [1.54, 1.807) is 0 Å². The molecule has 1 fully saturated rings. The first-order valence-electron chi connectivity index (χ1n) is 5.94. The topological polar surface area (TPSA) is 40.5 Å². The number of aliphatic carboxylic acids is 1. The van der Waals surface area contributed by atoms with Gasteiger partial charge in [0.1, 0.15) is 0 Å². The monoisotopic (exact) mass is 213 g/mol. The third-order valence-corrected chi connectivity index (χ3v) is 3.32. The molecule has 0 unspecified atom stereocenters. The summed E-state index contributed by atoms with van der Waals surface area (Å²) in [5.41, 5.74) is 0.511. The third-order valence-electron chi connectivity index (χ3n) is 3.32. The quantitative estimate of drug-likeness (QED) is 0.713. The SMILES string of the molecule is CC1(C)CCN(CCCCC(=O)O)CC1. The van der Waals surface area contributed by atoms with Gasteiger partial charge in [0.2, 0.25) is 0 Å². The summed E-state index contributed by atoms with van der Waals surface area (Å²) in [4.78, 5) is 12.8. The van der Waals surface area contributed by atoms with Gasteiger partial charge >= 0.3 is 5.97 Å². The molecular weight excluding hydrogens is 190 g/mol. The Morgan fingerprint density at radius 2 is 1.87 bits per heavy atom. The van der Waals surface area contributed by atoms with Crippen molar-refractivity contribution in [3.8, 4) is 0 Å². The first-order chi connectivity index (χ1) is 6.99. The van der Waals surface area contributed by atoms with Crippen molar-refractivity contribution < 1.29 is 9.90 Å². The summed E-state index contributed by atoms with van der Waals surface area (Å²) in [5, 5.41) is 8.51. The Kier molecular flexibility index (Phi) is 4.58. The number of hydrogen-bond donors (Lipinski definition) is 1. The Bertz CT molecular complexity index is 204. The van der Waals surface area contributed by atoms with Gasteiger partial charge in [-0.1, -0.05) is 13.8 Å². The van der Waals surface area contributed by atoms with Gasteiger partial charge in [0, 0.05) is 6.42 Å². The van der Waals surface area contributed by atoms with E-state index in [1.807, 2.05) is 0 Å². The number of piperidine rings is 1. The van der Waals surface area contributed by atoms with Crippen molar-refractivity contribution in [1.82, 2.24) is 4.90 Å². The number of nitrogens with zero attached hydrogens (tertiary/aromatic N) is 1. The minimum absolute atomic E-state index is 0.319. The molecule has 3 heteroatoms. The summed E-state index contributed by atoms with van der Waals surface area (Å²) >= 11 is 0. The van der Waals surface area contributed by atoms with Gasteiger partial charge in [-0.05, 0) is 50.7 Å². The molecule has 0 atom stereocenters. The average Bonchev–Trinajstić information content (AvgIpc) is 2.14. The second-order valence-electron chi connectivity index (χ2n) is 5.36. The summed E-state index contributed by atoms with van der Waals surface area (Å²) in [7, 11) is 0. The first kappa shape index (κ1) is 12.5. The lowest BCUT2D eigenvalue weighted by molar-refractivity contribution is -0.137. The molecule has 0 bridgehead atoms. The van der Waals surface area contributed by atoms with Gasteiger partial charge < -0.3 is 10.0 Å². The summed E-state index contributed by atoms with van der Waals surface area (Å²) in [6, 6.07) is 0. The van der Waals surface area contributed by atoms with Crippen LogP contribution in [0.15, 0.2) is 0 Å². The molecule has 1 saturated heterocycles. The molecule has 0 radical (unpaired) electrons. The van der Waals surface area contributed by atoms with Crippen LogP contribution in [-0.2, 0) is 4.79 Å². The molecule has 0 spiro atoms. The number of carboxylic acids is 1. The van der Waals surface area contributed by atoms with E-state index in [2.05, 4.69) is 18.7 Å². The van der Waals surface area contributed by atoms with Crippen molar-refractivity contribution in [3.05, 3.63) is 0 Å². The van der Waals surface area contributed by atoms with Gasteiger partial charge in [-0.3, -0.25) is 4.79 Å². The van der Waals surface area contributed by atoms with E-state index in [1.165, 1.54) is 25.9 Å².